The topological polar surface area (TPSA) is 8.88 Å². The van der Waals surface area contributed by atoms with Gasteiger partial charge < -0.3 is 9.80 Å². The average Bonchev–Trinajstić information content (AvgIpc) is 3.06. The first kappa shape index (κ1) is 15.9. The highest BCUT2D eigenvalue weighted by Crippen LogP contribution is 2.28. The van der Waals surface area contributed by atoms with E-state index in [0.29, 0.717) is 0 Å². The summed E-state index contributed by atoms with van der Waals surface area (Å²) in [6.45, 7) is 5.25. The van der Waals surface area contributed by atoms with Crippen LogP contribution >= 0.6 is 11.6 Å². The van der Waals surface area contributed by atoms with Gasteiger partial charge in [0.1, 0.15) is 31.7 Å². The van der Waals surface area contributed by atoms with Crippen LogP contribution in [-0.4, -0.2) is 31.7 Å². The third-order valence-electron chi connectivity index (χ3n) is 6.74. The number of halogens is 1. The standard InChI is InChI=1S/C20H29ClN2/c21-18-10-5-4-9-17(18)15-23-14-13-22-12-6-11-19(22)20(23)16-7-2-1-3-8-16/h4-5,9-10,16,19-20H,1-3,6-8,11-15H2/p+2/t19-,20+/m1/s1. The zero-order valence-corrected chi connectivity index (χ0v) is 15.0. The van der Waals surface area contributed by atoms with Gasteiger partial charge in [-0.25, -0.2) is 0 Å². The molecule has 3 heteroatoms. The number of fused-ring (bicyclic) bond motifs is 1. The summed E-state index contributed by atoms with van der Waals surface area (Å²) < 4.78 is 0. The fourth-order valence-corrected chi connectivity index (χ4v) is 5.91. The second kappa shape index (κ2) is 7.13. The number of piperazine rings is 1. The van der Waals surface area contributed by atoms with Gasteiger partial charge in [-0.15, -0.1) is 0 Å². The molecule has 4 rings (SSSR count). The molecule has 2 nitrogen and oxygen atoms in total. The summed E-state index contributed by atoms with van der Waals surface area (Å²) in [4.78, 5) is 3.75. The monoisotopic (exact) mass is 334 g/mol. The van der Waals surface area contributed by atoms with Gasteiger partial charge in [-0.05, 0) is 18.9 Å². The number of hydrogen-bond donors (Lipinski definition) is 2. The molecule has 2 saturated heterocycles. The molecule has 126 valence electrons. The van der Waals surface area contributed by atoms with Crippen molar-refractivity contribution in [3.05, 3.63) is 34.9 Å². The number of benzene rings is 1. The molecule has 1 aliphatic carbocycles. The van der Waals surface area contributed by atoms with Crippen LogP contribution in [-0.2, 0) is 6.54 Å². The van der Waals surface area contributed by atoms with Gasteiger partial charge in [0.25, 0.3) is 0 Å². The van der Waals surface area contributed by atoms with Crippen molar-refractivity contribution in [1.29, 1.82) is 0 Å². The second-order valence-corrected chi connectivity index (χ2v) is 8.41. The van der Waals surface area contributed by atoms with Crippen LogP contribution in [0, 0.1) is 5.92 Å². The maximum atomic E-state index is 6.47. The van der Waals surface area contributed by atoms with Crippen molar-refractivity contribution in [3.63, 3.8) is 0 Å². The minimum absolute atomic E-state index is 0.873. The van der Waals surface area contributed by atoms with Crippen LogP contribution in [0.15, 0.2) is 24.3 Å². The van der Waals surface area contributed by atoms with Crippen LogP contribution in [0.25, 0.3) is 0 Å². The Bertz CT molecular complexity index is 526. The Hall–Kier alpha value is -0.570. The second-order valence-electron chi connectivity index (χ2n) is 8.01. The maximum Gasteiger partial charge on any atom is 0.143 e. The SMILES string of the molecule is Clc1ccccc1C[NH+]1CC[NH+]2CCC[C@@H]2[C@@H]1C1CCCCC1. The molecular weight excluding hydrogens is 304 g/mol. The van der Waals surface area contributed by atoms with Gasteiger partial charge in [0.2, 0.25) is 0 Å². The van der Waals surface area contributed by atoms with Crippen LogP contribution in [0.1, 0.15) is 50.5 Å². The number of nitrogens with one attached hydrogen (secondary N) is 2. The van der Waals surface area contributed by atoms with Gasteiger partial charge in [0, 0.05) is 29.3 Å². The van der Waals surface area contributed by atoms with Gasteiger partial charge in [-0.3, -0.25) is 0 Å². The predicted octanol–water partition coefficient (Wildman–Crippen LogP) is 1.73. The van der Waals surface area contributed by atoms with E-state index in [9.17, 15) is 0 Å². The minimum atomic E-state index is 0.873. The molecule has 3 fully saturated rings. The molecule has 1 aromatic rings. The van der Waals surface area contributed by atoms with Crippen molar-refractivity contribution in [2.75, 3.05) is 19.6 Å². The average molecular weight is 335 g/mol. The molecule has 0 aromatic heterocycles. The lowest BCUT2D eigenvalue weighted by molar-refractivity contribution is -1.05. The Morgan fingerprint density at radius 2 is 1.74 bits per heavy atom. The van der Waals surface area contributed by atoms with Crippen LogP contribution < -0.4 is 9.80 Å². The summed E-state index contributed by atoms with van der Waals surface area (Å²) in [7, 11) is 0. The van der Waals surface area contributed by atoms with E-state index in [2.05, 4.69) is 24.3 Å². The van der Waals surface area contributed by atoms with Gasteiger partial charge in [0.15, 0.2) is 0 Å². The Kier molecular flexibility index (Phi) is 4.93. The zero-order chi connectivity index (χ0) is 15.6. The van der Waals surface area contributed by atoms with Crippen LogP contribution in [0.4, 0.5) is 0 Å². The summed E-state index contributed by atoms with van der Waals surface area (Å²) in [5.41, 5.74) is 1.35. The lowest BCUT2D eigenvalue weighted by atomic mass is 9.78. The molecular formula is C20H31ClN2+2. The van der Waals surface area contributed by atoms with E-state index < -0.39 is 0 Å². The Morgan fingerprint density at radius 1 is 0.913 bits per heavy atom. The molecule has 1 saturated carbocycles. The fourth-order valence-electron chi connectivity index (χ4n) is 5.70. The van der Waals surface area contributed by atoms with Crippen LogP contribution in [0.2, 0.25) is 5.02 Å². The Morgan fingerprint density at radius 3 is 2.57 bits per heavy atom. The van der Waals surface area contributed by atoms with E-state index >= 15 is 0 Å². The van der Waals surface area contributed by atoms with Crippen molar-refractivity contribution in [3.8, 4) is 0 Å². The van der Waals surface area contributed by atoms with Crippen molar-refractivity contribution in [2.24, 2.45) is 5.92 Å². The van der Waals surface area contributed by atoms with Crippen LogP contribution in [0.3, 0.4) is 0 Å². The molecule has 2 unspecified atom stereocenters. The largest absolute Gasteiger partial charge is 0.323 e. The molecule has 0 radical (unpaired) electrons. The van der Waals surface area contributed by atoms with Gasteiger partial charge in [0.05, 0.1) is 6.54 Å². The predicted molar refractivity (Wildman–Crippen MR) is 95.1 cm³/mol. The fraction of sp³-hybridized carbons (Fsp3) is 0.700. The smallest absolute Gasteiger partial charge is 0.143 e. The number of hydrogen-bond acceptors (Lipinski definition) is 0. The normalized spacial score (nSPS) is 35.2. The Labute approximate surface area is 145 Å². The number of quaternary nitrogens is 2. The number of rotatable bonds is 3. The molecule has 2 N–H and O–H groups in total. The van der Waals surface area contributed by atoms with Crippen molar-refractivity contribution >= 4 is 11.6 Å². The van der Waals surface area contributed by atoms with Crippen molar-refractivity contribution < 1.29 is 9.80 Å². The highest BCUT2D eigenvalue weighted by Gasteiger charge is 2.49. The van der Waals surface area contributed by atoms with Gasteiger partial charge in [-0.2, -0.15) is 0 Å². The quantitative estimate of drug-likeness (QED) is 0.833. The first-order valence-corrected chi connectivity index (χ1v) is 10.1. The molecule has 4 atom stereocenters. The summed E-state index contributed by atoms with van der Waals surface area (Å²) in [6, 6.07) is 10.3. The highest BCUT2D eigenvalue weighted by molar-refractivity contribution is 6.31. The first-order valence-electron chi connectivity index (χ1n) is 9.75. The zero-order valence-electron chi connectivity index (χ0n) is 14.2. The summed E-state index contributed by atoms with van der Waals surface area (Å²) >= 11 is 6.47. The van der Waals surface area contributed by atoms with Gasteiger partial charge in [-0.1, -0.05) is 49.1 Å². The maximum absolute atomic E-state index is 6.47. The van der Waals surface area contributed by atoms with Crippen molar-refractivity contribution in [1.82, 2.24) is 0 Å². The Balaban J connectivity index is 1.56. The molecule has 2 aliphatic heterocycles. The van der Waals surface area contributed by atoms with Gasteiger partial charge >= 0.3 is 0 Å². The molecule has 1 aromatic carbocycles. The summed E-state index contributed by atoms with van der Waals surface area (Å²) in [5.74, 6) is 0.958. The first-order chi connectivity index (χ1) is 11.3. The summed E-state index contributed by atoms with van der Waals surface area (Å²) in [6.07, 6.45) is 10.2. The lowest BCUT2D eigenvalue weighted by Crippen LogP contribution is -3.32. The van der Waals surface area contributed by atoms with E-state index in [1.807, 2.05) is 9.80 Å². The third-order valence-corrected chi connectivity index (χ3v) is 7.11. The van der Waals surface area contributed by atoms with E-state index in [1.54, 1.807) is 0 Å². The molecule has 0 spiro atoms. The van der Waals surface area contributed by atoms with Crippen molar-refractivity contribution in [2.45, 2.75) is 63.6 Å². The molecule has 2 heterocycles. The molecule has 0 bridgehead atoms. The molecule has 0 amide bonds. The molecule has 3 aliphatic rings. The molecule has 23 heavy (non-hydrogen) atoms. The van der Waals surface area contributed by atoms with E-state index in [1.165, 1.54) is 70.1 Å². The summed E-state index contributed by atoms with van der Waals surface area (Å²) in [5, 5.41) is 0.962. The lowest BCUT2D eigenvalue weighted by Gasteiger charge is -2.44. The van der Waals surface area contributed by atoms with E-state index in [4.69, 9.17) is 11.6 Å². The van der Waals surface area contributed by atoms with Crippen LogP contribution in [0.5, 0.6) is 0 Å². The van der Waals surface area contributed by atoms with E-state index in [-0.39, 0.29) is 0 Å². The van der Waals surface area contributed by atoms with E-state index in [0.717, 1.165) is 29.6 Å². The minimum Gasteiger partial charge on any atom is -0.323 e. The highest BCUT2D eigenvalue weighted by atomic mass is 35.5. The third kappa shape index (κ3) is 3.31.